The fraction of sp³-hybridized carbons (Fsp3) is 0.174. The number of hydrogen-bond acceptors (Lipinski definition) is 3. The highest BCUT2D eigenvalue weighted by atomic mass is 35.5. The number of ether oxygens (including phenoxy) is 1. The van der Waals surface area contributed by atoms with Gasteiger partial charge in [0.2, 0.25) is 0 Å². The topological polar surface area (TPSA) is 66.8 Å². The van der Waals surface area contributed by atoms with Crippen molar-refractivity contribution in [2.24, 2.45) is 5.92 Å². The van der Waals surface area contributed by atoms with Gasteiger partial charge in [-0.3, -0.25) is 0 Å². The normalized spacial score (nSPS) is 18.2. The molecule has 0 amide bonds. The summed E-state index contributed by atoms with van der Waals surface area (Å²) in [5.74, 6) is -0.486. The number of aliphatic hydroxyl groups is 1. The second-order valence-corrected chi connectivity index (χ2v) is 7.39. The molecule has 142 valence electrons. The summed E-state index contributed by atoms with van der Waals surface area (Å²) in [6.07, 6.45) is 0.0806. The molecule has 0 saturated heterocycles. The number of aliphatic hydroxyl groups excluding tert-OH is 1. The summed E-state index contributed by atoms with van der Waals surface area (Å²) < 4.78 is 5.93. The van der Waals surface area contributed by atoms with Gasteiger partial charge in [-0.1, -0.05) is 54.1 Å². The van der Waals surface area contributed by atoms with Crippen LogP contribution >= 0.6 is 11.6 Å². The van der Waals surface area contributed by atoms with E-state index in [9.17, 15) is 15.0 Å². The molecule has 0 bridgehead atoms. The van der Waals surface area contributed by atoms with Gasteiger partial charge in [-0.25, -0.2) is 4.79 Å². The second-order valence-electron chi connectivity index (χ2n) is 6.95. The van der Waals surface area contributed by atoms with E-state index in [2.05, 4.69) is 0 Å². The Hall–Kier alpha value is -2.82. The fourth-order valence-corrected chi connectivity index (χ4v) is 3.81. The number of rotatable bonds is 4. The molecular formula is C23H19ClO4. The van der Waals surface area contributed by atoms with Gasteiger partial charge in [0.1, 0.15) is 5.75 Å². The van der Waals surface area contributed by atoms with Crippen LogP contribution in [0.2, 0.25) is 5.02 Å². The summed E-state index contributed by atoms with van der Waals surface area (Å²) >= 11 is 6.07. The van der Waals surface area contributed by atoms with E-state index in [1.807, 2.05) is 30.3 Å². The Morgan fingerprint density at radius 1 is 1.07 bits per heavy atom. The Labute approximate surface area is 168 Å². The molecule has 1 aliphatic heterocycles. The molecule has 0 radical (unpaired) electrons. The van der Waals surface area contributed by atoms with Crippen molar-refractivity contribution < 1.29 is 19.7 Å². The largest absolute Gasteiger partial charge is 0.493 e. The van der Waals surface area contributed by atoms with E-state index < -0.39 is 12.1 Å². The zero-order chi connectivity index (χ0) is 19.7. The van der Waals surface area contributed by atoms with Gasteiger partial charge in [-0.15, -0.1) is 0 Å². The number of fused-ring (bicyclic) bond motifs is 1. The SMILES string of the molecule is O=C(O)c1ccc(Cl)cc1-c1ccc2c(c1)OC[C@H](Cc1ccccc1)C2O. The third-order valence-electron chi connectivity index (χ3n) is 5.10. The summed E-state index contributed by atoms with van der Waals surface area (Å²) in [4.78, 5) is 11.5. The molecule has 28 heavy (non-hydrogen) atoms. The Bertz CT molecular complexity index is 1020. The van der Waals surface area contributed by atoms with E-state index in [0.29, 0.717) is 28.5 Å². The number of hydrogen-bond donors (Lipinski definition) is 2. The monoisotopic (exact) mass is 394 g/mol. The van der Waals surface area contributed by atoms with Gasteiger partial charge in [-0.05, 0) is 47.4 Å². The first kappa shape index (κ1) is 18.5. The second kappa shape index (κ2) is 7.66. The molecule has 0 spiro atoms. The maximum atomic E-state index is 11.5. The zero-order valence-electron chi connectivity index (χ0n) is 15.0. The van der Waals surface area contributed by atoms with Gasteiger partial charge >= 0.3 is 5.97 Å². The molecule has 3 aromatic rings. The molecule has 0 aliphatic carbocycles. The van der Waals surface area contributed by atoms with Crippen molar-refractivity contribution in [2.45, 2.75) is 12.5 Å². The number of carboxylic acids is 1. The first-order valence-electron chi connectivity index (χ1n) is 9.05. The van der Waals surface area contributed by atoms with E-state index >= 15 is 0 Å². The lowest BCUT2D eigenvalue weighted by Gasteiger charge is -2.31. The molecule has 4 nitrogen and oxygen atoms in total. The van der Waals surface area contributed by atoms with Crippen molar-refractivity contribution in [2.75, 3.05) is 6.61 Å². The van der Waals surface area contributed by atoms with Gasteiger partial charge < -0.3 is 14.9 Å². The van der Waals surface area contributed by atoms with Crippen molar-refractivity contribution in [3.8, 4) is 16.9 Å². The lowest BCUT2D eigenvalue weighted by atomic mass is 9.87. The molecule has 0 aromatic heterocycles. The van der Waals surface area contributed by atoms with Crippen LogP contribution in [-0.2, 0) is 6.42 Å². The van der Waals surface area contributed by atoms with E-state index in [-0.39, 0.29) is 11.5 Å². The van der Waals surface area contributed by atoms with Crippen molar-refractivity contribution in [1.29, 1.82) is 0 Å². The van der Waals surface area contributed by atoms with E-state index in [0.717, 1.165) is 17.5 Å². The molecule has 1 heterocycles. The quantitative estimate of drug-likeness (QED) is 0.654. The molecule has 1 aliphatic rings. The van der Waals surface area contributed by atoms with Crippen LogP contribution in [0.5, 0.6) is 5.75 Å². The van der Waals surface area contributed by atoms with Crippen LogP contribution in [0.15, 0.2) is 66.7 Å². The molecule has 0 fully saturated rings. The third kappa shape index (κ3) is 3.61. The Morgan fingerprint density at radius 3 is 2.61 bits per heavy atom. The maximum absolute atomic E-state index is 11.5. The lowest BCUT2D eigenvalue weighted by Crippen LogP contribution is -2.27. The van der Waals surface area contributed by atoms with E-state index in [1.54, 1.807) is 30.3 Å². The van der Waals surface area contributed by atoms with Crippen LogP contribution in [0.1, 0.15) is 27.6 Å². The number of carboxylic acid groups (broad SMARTS) is 1. The van der Waals surface area contributed by atoms with Crippen LogP contribution in [0.3, 0.4) is 0 Å². The highest BCUT2D eigenvalue weighted by Gasteiger charge is 2.30. The number of carbonyl (C=O) groups is 1. The van der Waals surface area contributed by atoms with Crippen LogP contribution in [0, 0.1) is 5.92 Å². The van der Waals surface area contributed by atoms with E-state index in [4.69, 9.17) is 16.3 Å². The van der Waals surface area contributed by atoms with Gasteiger partial charge in [-0.2, -0.15) is 0 Å². The summed E-state index contributed by atoms with van der Waals surface area (Å²) in [5.41, 5.74) is 3.25. The highest BCUT2D eigenvalue weighted by molar-refractivity contribution is 6.31. The minimum absolute atomic E-state index is 0.0403. The first-order chi connectivity index (χ1) is 13.5. The summed E-state index contributed by atoms with van der Waals surface area (Å²) in [6.45, 7) is 0.397. The van der Waals surface area contributed by atoms with Crippen LogP contribution in [0.4, 0.5) is 0 Å². The fourth-order valence-electron chi connectivity index (χ4n) is 3.64. The third-order valence-corrected chi connectivity index (χ3v) is 5.33. The van der Waals surface area contributed by atoms with Gasteiger partial charge in [0.15, 0.2) is 0 Å². The van der Waals surface area contributed by atoms with Crippen LogP contribution in [0.25, 0.3) is 11.1 Å². The van der Waals surface area contributed by atoms with Gasteiger partial charge in [0, 0.05) is 16.5 Å². The molecule has 2 N–H and O–H groups in total. The average Bonchev–Trinajstić information content (AvgIpc) is 2.70. The smallest absolute Gasteiger partial charge is 0.336 e. The standard InChI is InChI=1S/C23H19ClO4/c24-17-7-9-18(23(26)27)20(12-17)15-6-8-19-21(11-15)28-13-16(22(19)25)10-14-4-2-1-3-5-14/h1-9,11-12,16,22,25H,10,13H2,(H,26,27)/t16-,22?/m0/s1. The molecule has 0 saturated carbocycles. The lowest BCUT2D eigenvalue weighted by molar-refractivity contribution is 0.0508. The zero-order valence-corrected chi connectivity index (χ0v) is 15.8. The Balaban J connectivity index is 1.64. The number of halogens is 1. The van der Waals surface area contributed by atoms with E-state index in [1.165, 1.54) is 6.07 Å². The number of benzene rings is 3. The van der Waals surface area contributed by atoms with Crippen LogP contribution in [-0.4, -0.2) is 22.8 Å². The van der Waals surface area contributed by atoms with Crippen molar-refractivity contribution in [3.63, 3.8) is 0 Å². The summed E-state index contributed by atoms with van der Waals surface area (Å²) in [5, 5.41) is 20.8. The van der Waals surface area contributed by atoms with Gasteiger partial charge in [0.25, 0.3) is 0 Å². The van der Waals surface area contributed by atoms with Crippen molar-refractivity contribution >= 4 is 17.6 Å². The predicted molar refractivity (Wildman–Crippen MR) is 108 cm³/mol. The van der Waals surface area contributed by atoms with Gasteiger partial charge in [0.05, 0.1) is 18.3 Å². The predicted octanol–water partition coefficient (Wildman–Crippen LogP) is 4.99. The first-order valence-corrected chi connectivity index (χ1v) is 9.42. The minimum atomic E-state index is -1.02. The minimum Gasteiger partial charge on any atom is -0.493 e. The molecule has 1 unspecified atom stereocenters. The molecule has 3 aromatic carbocycles. The highest BCUT2D eigenvalue weighted by Crippen LogP contribution is 2.40. The van der Waals surface area contributed by atoms with Crippen molar-refractivity contribution in [3.05, 3.63) is 88.4 Å². The number of aromatic carboxylic acids is 1. The Morgan fingerprint density at radius 2 is 1.86 bits per heavy atom. The average molecular weight is 395 g/mol. The molecular weight excluding hydrogens is 376 g/mol. The summed E-state index contributed by atoms with van der Waals surface area (Å²) in [7, 11) is 0. The maximum Gasteiger partial charge on any atom is 0.336 e. The molecule has 5 heteroatoms. The Kier molecular flexibility index (Phi) is 5.07. The van der Waals surface area contributed by atoms with Crippen LogP contribution < -0.4 is 4.74 Å². The molecule has 2 atom stereocenters. The summed E-state index contributed by atoms with van der Waals surface area (Å²) in [6, 6.07) is 20.1. The van der Waals surface area contributed by atoms with Crippen molar-refractivity contribution in [1.82, 2.24) is 0 Å². The molecule has 4 rings (SSSR count).